The van der Waals surface area contributed by atoms with E-state index in [0.717, 1.165) is 0 Å². The first-order chi connectivity index (χ1) is 9.13. The number of hydrogen-bond donors (Lipinski definition) is 0. The molecule has 0 N–H and O–H groups in total. The van der Waals surface area contributed by atoms with Crippen LogP contribution < -0.4 is 0 Å². The van der Waals surface area contributed by atoms with Crippen molar-refractivity contribution in [3.8, 4) is 10.4 Å². The van der Waals surface area contributed by atoms with E-state index in [1.165, 1.54) is 45.0 Å². The fraction of sp³-hybridized carbons (Fsp3) is 0.353. The van der Waals surface area contributed by atoms with Crippen LogP contribution in [0.2, 0.25) is 0 Å². The molecule has 1 aliphatic rings. The van der Waals surface area contributed by atoms with Gasteiger partial charge in [-0.3, -0.25) is 0 Å². The average molecular weight is 269 g/mol. The molecule has 1 heterocycles. The molecule has 0 amide bonds. The predicted octanol–water partition coefficient (Wildman–Crippen LogP) is 5.28. The van der Waals surface area contributed by atoms with Gasteiger partial charge in [-0.2, -0.15) is 0 Å². The van der Waals surface area contributed by atoms with Crippen LogP contribution in [-0.2, 0) is 6.42 Å². The highest BCUT2D eigenvalue weighted by molar-refractivity contribution is 7.15. The Kier molecular flexibility index (Phi) is 3.28. The third kappa shape index (κ3) is 2.50. The number of aryl methyl sites for hydroxylation is 1. The van der Waals surface area contributed by atoms with Gasteiger partial charge in [0.2, 0.25) is 0 Å². The molecule has 0 aliphatic heterocycles. The summed E-state index contributed by atoms with van der Waals surface area (Å²) >= 11 is 1.82. The molecule has 0 fully saturated rings. The zero-order valence-corrected chi connectivity index (χ0v) is 12.6. The normalized spacial score (nSPS) is 14.4. The summed E-state index contributed by atoms with van der Waals surface area (Å²) in [6.07, 6.45) is 6.69. The van der Waals surface area contributed by atoms with Gasteiger partial charge in [0.25, 0.3) is 0 Å². The van der Waals surface area contributed by atoms with Gasteiger partial charge in [-0.05, 0) is 42.5 Å². The van der Waals surface area contributed by atoms with Crippen LogP contribution in [0.3, 0.4) is 0 Å². The summed E-state index contributed by atoms with van der Waals surface area (Å²) in [5.41, 5.74) is 5.67. The molecule has 2 heteroatoms. The first-order valence-corrected chi connectivity index (χ1v) is 7.71. The van der Waals surface area contributed by atoms with E-state index in [2.05, 4.69) is 50.0 Å². The second kappa shape index (κ2) is 4.93. The van der Waals surface area contributed by atoms with Crippen LogP contribution in [0.1, 0.15) is 49.2 Å². The summed E-state index contributed by atoms with van der Waals surface area (Å²) < 4.78 is 0. The van der Waals surface area contributed by atoms with Gasteiger partial charge in [0.05, 0.1) is 9.88 Å². The van der Waals surface area contributed by atoms with Crippen molar-refractivity contribution in [1.29, 1.82) is 0 Å². The van der Waals surface area contributed by atoms with Crippen molar-refractivity contribution in [1.82, 2.24) is 4.98 Å². The third-order valence-corrected chi connectivity index (χ3v) is 4.98. The Hall–Kier alpha value is -1.41. The highest BCUT2D eigenvalue weighted by Crippen LogP contribution is 2.33. The molecule has 3 rings (SSSR count). The van der Waals surface area contributed by atoms with Crippen molar-refractivity contribution in [3.05, 3.63) is 46.1 Å². The van der Waals surface area contributed by atoms with Crippen LogP contribution in [-0.4, -0.2) is 4.98 Å². The summed E-state index contributed by atoms with van der Waals surface area (Å²) in [6.45, 7) is 6.61. The lowest BCUT2D eigenvalue weighted by Crippen LogP contribution is -1.97. The van der Waals surface area contributed by atoms with Gasteiger partial charge in [-0.15, -0.1) is 11.3 Å². The number of allylic oxidation sites excluding steroid dienone is 1. The highest BCUT2D eigenvalue weighted by Gasteiger charge is 2.11. The molecular formula is C17H19NS. The SMILES string of the molecule is CC1=Cc2ccc(-c3cnc(C(C)C)s3)cc2CC1. The molecule has 0 atom stereocenters. The molecule has 98 valence electrons. The smallest absolute Gasteiger partial charge is 0.0956 e. The van der Waals surface area contributed by atoms with Crippen molar-refractivity contribution in [3.63, 3.8) is 0 Å². The number of thiazole rings is 1. The van der Waals surface area contributed by atoms with Crippen LogP contribution in [0.15, 0.2) is 30.0 Å². The summed E-state index contributed by atoms with van der Waals surface area (Å²) in [7, 11) is 0. The monoisotopic (exact) mass is 269 g/mol. The van der Waals surface area contributed by atoms with Gasteiger partial charge >= 0.3 is 0 Å². The van der Waals surface area contributed by atoms with Gasteiger partial charge in [0.1, 0.15) is 0 Å². The maximum Gasteiger partial charge on any atom is 0.0956 e. The highest BCUT2D eigenvalue weighted by atomic mass is 32.1. The first kappa shape index (κ1) is 12.6. The molecule has 0 radical (unpaired) electrons. The first-order valence-electron chi connectivity index (χ1n) is 6.89. The van der Waals surface area contributed by atoms with E-state index >= 15 is 0 Å². The van der Waals surface area contributed by atoms with Crippen LogP contribution in [0, 0.1) is 0 Å². The van der Waals surface area contributed by atoms with E-state index in [1.807, 2.05) is 17.5 Å². The van der Waals surface area contributed by atoms with Crippen molar-refractivity contribution in [2.45, 2.75) is 39.5 Å². The Morgan fingerprint density at radius 1 is 1.21 bits per heavy atom. The summed E-state index contributed by atoms with van der Waals surface area (Å²) in [5.74, 6) is 0.516. The van der Waals surface area contributed by atoms with Crippen LogP contribution >= 0.6 is 11.3 Å². The molecule has 0 saturated heterocycles. The fourth-order valence-corrected chi connectivity index (χ4v) is 3.39. The summed E-state index contributed by atoms with van der Waals surface area (Å²) in [6, 6.07) is 6.82. The van der Waals surface area contributed by atoms with E-state index in [4.69, 9.17) is 0 Å². The standard InChI is InChI=1S/C17H19NS/c1-11(2)17-18-10-16(19-17)15-7-6-13-8-12(3)4-5-14(13)9-15/h6-11H,4-5H2,1-3H3. The van der Waals surface area contributed by atoms with E-state index in [0.29, 0.717) is 5.92 Å². The molecule has 0 unspecified atom stereocenters. The molecule has 0 spiro atoms. The van der Waals surface area contributed by atoms with Crippen molar-refractivity contribution in [2.75, 3.05) is 0 Å². The number of hydrogen-bond acceptors (Lipinski definition) is 2. The number of aromatic nitrogens is 1. The minimum atomic E-state index is 0.516. The molecule has 2 aromatic rings. The van der Waals surface area contributed by atoms with Gasteiger partial charge in [0.15, 0.2) is 0 Å². The van der Waals surface area contributed by atoms with Gasteiger partial charge < -0.3 is 0 Å². The van der Waals surface area contributed by atoms with Crippen molar-refractivity contribution < 1.29 is 0 Å². The molecule has 1 aromatic heterocycles. The van der Waals surface area contributed by atoms with Gasteiger partial charge in [-0.25, -0.2) is 4.98 Å². The Labute approximate surface area is 119 Å². The van der Waals surface area contributed by atoms with E-state index < -0.39 is 0 Å². The van der Waals surface area contributed by atoms with E-state index in [1.54, 1.807) is 0 Å². The molecule has 1 aromatic carbocycles. The Morgan fingerprint density at radius 2 is 2.05 bits per heavy atom. The second-order valence-corrected chi connectivity index (χ2v) is 6.68. The molecule has 0 bridgehead atoms. The molecule has 0 saturated carbocycles. The number of fused-ring (bicyclic) bond motifs is 1. The number of rotatable bonds is 2. The molecule has 1 nitrogen and oxygen atoms in total. The van der Waals surface area contributed by atoms with E-state index in [9.17, 15) is 0 Å². The molecular weight excluding hydrogens is 250 g/mol. The lowest BCUT2D eigenvalue weighted by molar-refractivity contribution is 0.852. The minimum Gasteiger partial charge on any atom is -0.249 e. The number of benzene rings is 1. The second-order valence-electron chi connectivity index (χ2n) is 5.62. The van der Waals surface area contributed by atoms with Crippen molar-refractivity contribution in [2.24, 2.45) is 0 Å². The van der Waals surface area contributed by atoms with Gasteiger partial charge in [0, 0.05) is 12.1 Å². The number of nitrogens with zero attached hydrogens (tertiary/aromatic N) is 1. The van der Waals surface area contributed by atoms with E-state index in [-0.39, 0.29) is 0 Å². The summed E-state index contributed by atoms with van der Waals surface area (Å²) in [5, 5.41) is 1.23. The Bertz CT molecular complexity index is 634. The topological polar surface area (TPSA) is 12.9 Å². The lowest BCUT2D eigenvalue weighted by atomic mass is 9.91. The van der Waals surface area contributed by atoms with Crippen molar-refractivity contribution >= 4 is 17.4 Å². The summed E-state index contributed by atoms with van der Waals surface area (Å²) in [4.78, 5) is 5.81. The third-order valence-electron chi connectivity index (χ3n) is 3.64. The zero-order chi connectivity index (χ0) is 13.4. The van der Waals surface area contributed by atoms with Crippen LogP contribution in [0.25, 0.3) is 16.5 Å². The average Bonchev–Trinajstić information content (AvgIpc) is 2.88. The zero-order valence-electron chi connectivity index (χ0n) is 11.7. The maximum absolute atomic E-state index is 4.52. The maximum atomic E-state index is 4.52. The quantitative estimate of drug-likeness (QED) is 0.722. The molecule has 19 heavy (non-hydrogen) atoms. The Morgan fingerprint density at radius 3 is 2.79 bits per heavy atom. The lowest BCUT2D eigenvalue weighted by Gasteiger charge is -2.14. The fourth-order valence-electron chi connectivity index (χ4n) is 2.47. The van der Waals surface area contributed by atoms with Gasteiger partial charge in [-0.1, -0.05) is 37.6 Å². The molecule has 1 aliphatic carbocycles. The predicted molar refractivity (Wildman–Crippen MR) is 83.6 cm³/mol. The van der Waals surface area contributed by atoms with Crippen LogP contribution in [0.4, 0.5) is 0 Å². The van der Waals surface area contributed by atoms with Crippen LogP contribution in [0.5, 0.6) is 0 Å². The minimum absolute atomic E-state index is 0.516. The largest absolute Gasteiger partial charge is 0.249 e. The Balaban J connectivity index is 1.98.